The van der Waals surface area contributed by atoms with Crippen LogP contribution in [0.25, 0.3) is 0 Å². The first-order chi connectivity index (χ1) is 8.97. The number of aliphatic hydroxyl groups excluding tert-OH is 1. The van der Waals surface area contributed by atoms with Crippen molar-refractivity contribution in [1.29, 1.82) is 0 Å². The molecule has 0 aliphatic heterocycles. The molecule has 20 heavy (non-hydrogen) atoms. The molecule has 1 aromatic rings. The van der Waals surface area contributed by atoms with Crippen molar-refractivity contribution < 1.29 is 41.1 Å². The van der Waals surface area contributed by atoms with Gasteiger partial charge in [0.15, 0.2) is 11.9 Å². The fourth-order valence-electron chi connectivity index (χ4n) is 1.26. The van der Waals surface area contributed by atoms with E-state index >= 15 is 0 Å². The summed E-state index contributed by atoms with van der Waals surface area (Å²) in [7, 11) is 0. The molecule has 112 valence electrons. The number of halogens is 6. The highest BCUT2D eigenvalue weighted by atomic mass is 19.4. The minimum atomic E-state index is -5.53. The lowest BCUT2D eigenvalue weighted by Gasteiger charge is -2.16. The highest BCUT2D eigenvalue weighted by Crippen LogP contribution is 2.42. The molecule has 0 spiro atoms. The first kappa shape index (κ1) is 15.9. The number of nitrogens with zero attached hydrogens (tertiary/aromatic N) is 2. The second-order valence-electron chi connectivity index (χ2n) is 3.26. The van der Waals surface area contributed by atoms with Crippen LogP contribution in [-0.2, 0) is 12.8 Å². The molecule has 0 amide bonds. The van der Waals surface area contributed by atoms with Crippen molar-refractivity contribution in [2.45, 2.75) is 19.1 Å². The molecule has 0 fully saturated rings. The van der Waals surface area contributed by atoms with Crippen molar-refractivity contribution in [2.24, 2.45) is 0 Å². The smallest absolute Gasteiger partial charge is 0.404 e. The van der Waals surface area contributed by atoms with Gasteiger partial charge in [-0.25, -0.2) is 0 Å². The molecular formula is C8H4F6N2O4. The van der Waals surface area contributed by atoms with Crippen molar-refractivity contribution in [3.8, 4) is 5.75 Å². The summed E-state index contributed by atoms with van der Waals surface area (Å²) in [6.45, 7) is -1.49. The topological polar surface area (TPSA) is 85.5 Å². The van der Waals surface area contributed by atoms with Crippen LogP contribution in [0.4, 0.5) is 32.2 Å². The Morgan fingerprint density at radius 2 is 1.85 bits per heavy atom. The van der Waals surface area contributed by atoms with Gasteiger partial charge >= 0.3 is 18.4 Å². The van der Waals surface area contributed by atoms with Crippen molar-refractivity contribution >= 4 is 5.82 Å². The van der Waals surface area contributed by atoms with Gasteiger partial charge in [-0.1, -0.05) is 0 Å². The second kappa shape index (κ2) is 5.11. The molecule has 0 bridgehead atoms. The Kier molecular flexibility index (Phi) is 4.07. The minimum absolute atomic E-state index is 0.168. The number of aliphatic hydroxyl groups is 1. The summed E-state index contributed by atoms with van der Waals surface area (Å²) in [6, 6.07) is 0. The van der Waals surface area contributed by atoms with Gasteiger partial charge in [0, 0.05) is 0 Å². The molecule has 0 radical (unpaired) electrons. The average molecular weight is 306 g/mol. The predicted octanol–water partition coefficient (Wildman–Crippen LogP) is 2.40. The van der Waals surface area contributed by atoms with E-state index in [2.05, 4.69) is 9.72 Å². The summed E-state index contributed by atoms with van der Waals surface area (Å²) >= 11 is 0. The number of pyridine rings is 1. The van der Waals surface area contributed by atoms with Gasteiger partial charge in [-0.05, 0) is 9.91 Å². The summed E-state index contributed by atoms with van der Waals surface area (Å²) in [5.41, 5.74) is -3.30. The van der Waals surface area contributed by atoms with Crippen LogP contribution in [0.5, 0.6) is 5.75 Å². The van der Waals surface area contributed by atoms with Crippen LogP contribution in [-0.4, -0.2) is 21.4 Å². The number of hydrogen-bond donors (Lipinski definition) is 1. The molecule has 0 saturated carbocycles. The largest absolute Gasteiger partial charge is 0.573 e. The van der Waals surface area contributed by atoms with Crippen molar-refractivity contribution in [3.63, 3.8) is 0 Å². The zero-order valence-electron chi connectivity index (χ0n) is 9.12. The maximum absolute atomic E-state index is 12.5. The molecule has 12 heteroatoms. The van der Waals surface area contributed by atoms with E-state index in [4.69, 9.17) is 5.11 Å². The maximum atomic E-state index is 12.5. The quantitative estimate of drug-likeness (QED) is 0.526. The Morgan fingerprint density at radius 3 is 2.20 bits per heavy atom. The first-order valence-corrected chi connectivity index (χ1v) is 4.57. The van der Waals surface area contributed by atoms with Gasteiger partial charge in [-0.15, -0.1) is 13.2 Å². The van der Waals surface area contributed by atoms with E-state index in [0.717, 1.165) is 0 Å². The molecule has 1 heterocycles. The number of nitro groups is 1. The third-order valence-electron chi connectivity index (χ3n) is 1.96. The Bertz CT molecular complexity index is 527. The Labute approximate surface area is 105 Å². The van der Waals surface area contributed by atoms with Crippen molar-refractivity contribution in [2.75, 3.05) is 0 Å². The lowest BCUT2D eigenvalue weighted by Crippen LogP contribution is -2.22. The number of aromatic nitrogens is 1. The fraction of sp³-hybridized carbons (Fsp3) is 0.375. The minimum Gasteiger partial charge on any atom is -0.404 e. The number of rotatable bonds is 3. The van der Waals surface area contributed by atoms with Gasteiger partial charge < -0.3 is 20.0 Å². The van der Waals surface area contributed by atoms with E-state index in [1.807, 2.05) is 0 Å². The van der Waals surface area contributed by atoms with E-state index in [1.54, 1.807) is 0 Å². The Morgan fingerprint density at radius 1 is 1.30 bits per heavy atom. The molecule has 1 N–H and O–H groups in total. The summed E-state index contributed by atoms with van der Waals surface area (Å²) in [4.78, 5) is 11.9. The van der Waals surface area contributed by atoms with Crippen LogP contribution in [0.1, 0.15) is 11.1 Å². The Balaban J connectivity index is 3.60. The van der Waals surface area contributed by atoms with E-state index in [-0.39, 0.29) is 6.20 Å². The van der Waals surface area contributed by atoms with Crippen LogP contribution in [0.15, 0.2) is 6.20 Å². The molecule has 1 rings (SSSR count). The van der Waals surface area contributed by atoms with Gasteiger partial charge in [0.2, 0.25) is 0 Å². The molecule has 0 saturated heterocycles. The molecule has 6 nitrogen and oxygen atoms in total. The van der Waals surface area contributed by atoms with Crippen LogP contribution in [0.2, 0.25) is 0 Å². The van der Waals surface area contributed by atoms with E-state index in [0.29, 0.717) is 0 Å². The summed E-state index contributed by atoms with van der Waals surface area (Å²) in [5.74, 6) is -3.26. The zero-order chi connectivity index (χ0) is 15.7. The molecular weight excluding hydrogens is 302 g/mol. The third-order valence-corrected chi connectivity index (χ3v) is 1.96. The third kappa shape index (κ3) is 3.46. The molecule has 0 atom stereocenters. The van der Waals surface area contributed by atoms with Crippen LogP contribution >= 0.6 is 0 Å². The van der Waals surface area contributed by atoms with E-state index < -0.39 is 46.8 Å². The summed E-state index contributed by atoms with van der Waals surface area (Å²) in [5, 5.41) is 19.2. The van der Waals surface area contributed by atoms with E-state index in [9.17, 15) is 36.5 Å². The fourth-order valence-corrected chi connectivity index (χ4v) is 1.26. The van der Waals surface area contributed by atoms with Gasteiger partial charge in [0.25, 0.3) is 0 Å². The maximum Gasteiger partial charge on any atom is 0.573 e. The SMILES string of the molecule is O=[N+]([O-])c1ncc(C(F)(F)F)c(OC(F)(F)F)c1CO. The standard InChI is InChI=1S/C8H4F6N2O4/c9-7(10,11)4-1-15-6(16(18)19)3(2-17)5(4)20-8(12,13)14/h1,17H,2H2. The monoisotopic (exact) mass is 306 g/mol. The highest BCUT2D eigenvalue weighted by molar-refractivity contribution is 5.49. The number of alkyl halides is 6. The molecule has 0 aromatic carbocycles. The highest BCUT2D eigenvalue weighted by Gasteiger charge is 2.44. The molecule has 0 unspecified atom stereocenters. The average Bonchev–Trinajstić information content (AvgIpc) is 2.24. The molecule has 0 aliphatic carbocycles. The summed E-state index contributed by atoms with van der Waals surface area (Å²) < 4.78 is 77.0. The van der Waals surface area contributed by atoms with E-state index in [1.165, 1.54) is 0 Å². The van der Waals surface area contributed by atoms with Crippen LogP contribution in [0.3, 0.4) is 0 Å². The summed E-state index contributed by atoms with van der Waals surface area (Å²) in [6.07, 6.45) is -11.0. The van der Waals surface area contributed by atoms with Gasteiger partial charge in [-0.3, -0.25) is 0 Å². The molecule has 0 aliphatic rings. The van der Waals surface area contributed by atoms with Crippen molar-refractivity contribution in [1.82, 2.24) is 4.98 Å². The zero-order valence-corrected chi connectivity index (χ0v) is 9.12. The lowest BCUT2D eigenvalue weighted by molar-refractivity contribution is -0.390. The number of ether oxygens (including phenoxy) is 1. The predicted molar refractivity (Wildman–Crippen MR) is 48.5 cm³/mol. The van der Waals surface area contributed by atoms with Gasteiger partial charge in [-0.2, -0.15) is 13.2 Å². The first-order valence-electron chi connectivity index (χ1n) is 4.57. The lowest BCUT2D eigenvalue weighted by atomic mass is 10.1. The number of hydrogen-bond acceptors (Lipinski definition) is 5. The van der Waals surface area contributed by atoms with Gasteiger partial charge in [0.05, 0.1) is 6.61 Å². The Hall–Kier alpha value is -2.11. The normalized spacial score (nSPS) is 12.3. The van der Waals surface area contributed by atoms with Gasteiger partial charge in [0.1, 0.15) is 11.1 Å². The second-order valence-corrected chi connectivity index (χ2v) is 3.26. The molecule has 1 aromatic heterocycles. The van der Waals surface area contributed by atoms with Crippen LogP contribution < -0.4 is 4.74 Å². The van der Waals surface area contributed by atoms with Crippen LogP contribution in [0, 0.1) is 10.1 Å². The van der Waals surface area contributed by atoms with Crippen molar-refractivity contribution in [3.05, 3.63) is 27.4 Å².